The van der Waals surface area contributed by atoms with Gasteiger partial charge in [-0.3, -0.25) is 4.98 Å². The number of methoxy groups -OCH3 is 2. The molecule has 0 saturated carbocycles. The molecule has 1 N–H and O–H groups in total. The van der Waals surface area contributed by atoms with E-state index in [1.807, 2.05) is 30.3 Å². The van der Waals surface area contributed by atoms with E-state index in [9.17, 15) is 0 Å². The Morgan fingerprint density at radius 1 is 1.10 bits per heavy atom. The number of aromatic nitrogens is 1. The van der Waals surface area contributed by atoms with Gasteiger partial charge in [0.25, 0.3) is 0 Å². The zero-order valence-electron chi connectivity index (χ0n) is 12.1. The number of nitrogens with one attached hydrogen (secondary N) is 1. The van der Waals surface area contributed by atoms with Gasteiger partial charge in [-0.1, -0.05) is 12.1 Å². The van der Waals surface area contributed by atoms with Gasteiger partial charge in [0.1, 0.15) is 0 Å². The molecule has 0 fully saturated rings. The lowest BCUT2D eigenvalue weighted by Gasteiger charge is -2.17. The van der Waals surface area contributed by atoms with Gasteiger partial charge < -0.3 is 14.8 Å². The predicted molar refractivity (Wildman–Crippen MR) is 79.0 cm³/mol. The highest BCUT2D eigenvalue weighted by Gasteiger charge is 2.11. The summed E-state index contributed by atoms with van der Waals surface area (Å²) in [6, 6.07) is 10.2. The van der Waals surface area contributed by atoms with Crippen molar-refractivity contribution in [2.75, 3.05) is 14.2 Å². The van der Waals surface area contributed by atoms with Crippen LogP contribution < -0.4 is 14.8 Å². The van der Waals surface area contributed by atoms with E-state index in [0.29, 0.717) is 6.54 Å². The van der Waals surface area contributed by atoms with Gasteiger partial charge >= 0.3 is 0 Å². The molecule has 0 spiro atoms. The molecule has 0 aliphatic heterocycles. The first-order chi connectivity index (χ1) is 9.76. The van der Waals surface area contributed by atoms with Crippen LogP contribution in [0, 0.1) is 0 Å². The van der Waals surface area contributed by atoms with Gasteiger partial charge in [-0.05, 0) is 30.7 Å². The molecule has 2 rings (SSSR count). The number of hydrogen-bond donors (Lipinski definition) is 1. The standard InChI is InChI=1S/C16H20N2O2/c1-12(13-7-9-17-10-8-13)18-11-14-5-4-6-15(19-2)16(14)20-3/h4-10,12,18H,11H2,1-3H3/t12-/m0/s1. The Kier molecular flexibility index (Phi) is 4.96. The van der Waals surface area contributed by atoms with E-state index in [-0.39, 0.29) is 6.04 Å². The third-order valence-corrected chi connectivity index (χ3v) is 3.29. The smallest absolute Gasteiger partial charge is 0.165 e. The maximum atomic E-state index is 5.43. The van der Waals surface area contributed by atoms with Gasteiger partial charge in [0.15, 0.2) is 11.5 Å². The number of hydrogen-bond acceptors (Lipinski definition) is 4. The Morgan fingerprint density at radius 2 is 1.85 bits per heavy atom. The minimum absolute atomic E-state index is 0.244. The highest BCUT2D eigenvalue weighted by atomic mass is 16.5. The van der Waals surface area contributed by atoms with E-state index in [1.54, 1.807) is 26.6 Å². The largest absolute Gasteiger partial charge is 0.493 e. The highest BCUT2D eigenvalue weighted by molar-refractivity contribution is 5.46. The van der Waals surface area contributed by atoms with Crippen LogP contribution in [-0.4, -0.2) is 19.2 Å². The van der Waals surface area contributed by atoms with Crippen molar-refractivity contribution < 1.29 is 9.47 Å². The quantitative estimate of drug-likeness (QED) is 0.878. The highest BCUT2D eigenvalue weighted by Crippen LogP contribution is 2.30. The van der Waals surface area contributed by atoms with Crippen LogP contribution in [-0.2, 0) is 6.54 Å². The average Bonchev–Trinajstić information content (AvgIpc) is 2.52. The fourth-order valence-corrected chi connectivity index (χ4v) is 2.13. The lowest BCUT2D eigenvalue weighted by molar-refractivity contribution is 0.350. The minimum Gasteiger partial charge on any atom is -0.493 e. The summed E-state index contributed by atoms with van der Waals surface area (Å²) in [5.41, 5.74) is 2.29. The van der Waals surface area contributed by atoms with Gasteiger partial charge in [0.2, 0.25) is 0 Å². The van der Waals surface area contributed by atoms with Crippen molar-refractivity contribution in [2.45, 2.75) is 19.5 Å². The maximum Gasteiger partial charge on any atom is 0.165 e. The molecule has 4 heteroatoms. The second kappa shape index (κ2) is 6.91. The number of ether oxygens (including phenoxy) is 2. The summed E-state index contributed by atoms with van der Waals surface area (Å²) >= 11 is 0. The summed E-state index contributed by atoms with van der Waals surface area (Å²) in [6.45, 7) is 2.84. The molecule has 1 heterocycles. The van der Waals surface area contributed by atoms with Crippen LogP contribution in [0.5, 0.6) is 11.5 Å². The molecule has 0 aliphatic carbocycles. The first-order valence-corrected chi connectivity index (χ1v) is 6.59. The van der Waals surface area contributed by atoms with Crippen molar-refractivity contribution in [3.8, 4) is 11.5 Å². The molecule has 1 atom stereocenters. The van der Waals surface area contributed by atoms with E-state index in [0.717, 1.165) is 17.1 Å². The molecule has 0 saturated heterocycles. The van der Waals surface area contributed by atoms with Crippen molar-refractivity contribution in [3.05, 3.63) is 53.9 Å². The van der Waals surface area contributed by atoms with Crippen molar-refractivity contribution in [1.29, 1.82) is 0 Å². The molecule has 106 valence electrons. The average molecular weight is 272 g/mol. The summed E-state index contributed by atoms with van der Waals surface area (Å²) < 4.78 is 10.7. The summed E-state index contributed by atoms with van der Waals surface area (Å²) in [6.07, 6.45) is 3.61. The molecule has 0 amide bonds. The Hall–Kier alpha value is -2.07. The zero-order valence-corrected chi connectivity index (χ0v) is 12.1. The number of nitrogens with zero attached hydrogens (tertiary/aromatic N) is 1. The van der Waals surface area contributed by atoms with E-state index in [1.165, 1.54) is 5.56 Å². The fourth-order valence-electron chi connectivity index (χ4n) is 2.13. The second-order valence-corrected chi connectivity index (χ2v) is 4.54. The number of rotatable bonds is 6. The molecule has 20 heavy (non-hydrogen) atoms. The molecule has 0 aliphatic rings. The van der Waals surface area contributed by atoms with Crippen molar-refractivity contribution in [1.82, 2.24) is 10.3 Å². The topological polar surface area (TPSA) is 43.4 Å². The van der Waals surface area contributed by atoms with Crippen LogP contribution in [0.25, 0.3) is 0 Å². The second-order valence-electron chi connectivity index (χ2n) is 4.54. The molecular formula is C16H20N2O2. The summed E-state index contributed by atoms with van der Waals surface area (Å²) in [5.74, 6) is 1.53. The van der Waals surface area contributed by atoms with Gasteiger partial charge in [-0.15, -0.1) is 0 Å². The molecule has 4 nitrogen and oxygen atoms in total. The summed E-state index contributed by atoms with van der Waals surface area (Å²) in [5, 5.41) is 3.48. The van der Waals surface area contributed by atoms with E-state index >= 15 is 0 Å². The molecule has 0 unspecified atom stereocenters. The van der Waals surface area contributed by atoms with Gasteiger partial charge in [0.05, 0.1) is 14.2 Å². The van der Waals surface area contributed by atoms with E-state index < -0.39 is 0 Å². The van der Waals surface area contributed by atoms with Gasteiger partial charge in [-0.2, -0.15) is 0 Å². The summed E-state index contributed by atoms with van der Waals surface area (Å²) in [4.78, 5) is 4.03. The van der Waals surface area contributed by atoms with Crippen LogP contribution in [0.15, 0.2) is 42.7 Å². The lowest BCUT2D eigenvalue weighted by Crippen LogP contribution is -2.18. The van der Waals surface area contributed by atoms with Crippen LogP contribution in [0.2, 0.25) is 0 Å². The first kappa shape index (κ1) is 14.3. The van der Waals surface area contributed by atoms with E-state index in [4.69, 9.17) is 9.47 Å². The van der Waals surface area contributed by atoms with Crippen molar-refractivity contribution in [3.63, 3.8) is 0 Å². The van der Waals surface area contributed by atoms with Crippen LogP contribution >= 0.6 is 0 Å². The lowest BCUT2D eigenvalue weighted by atomic mass is 10.1. The molecule has 2 aromatic rings. The predicted octanol–water partition coefficient (Wildman–Crippen LogP) is 2.95. The Morgan fingerprint density at radius 3 is 2.50 bits per heavy atom. The summed E-state index contributed by atoms with van der Waals surface area (Å²) in [7, 11) is 3.31. The van der Waals surface area contributed by atoms with Crippen LogP contribution in [0.1, 0.15) is 24.1 Å². The Bertz CT molecular complexity index is 543. The molecule has 0 radical (unpaired) electrons. The van der Waals surface area contributed by atoms with Gasteiger partial charge in [0, 0.05) is 30.5 Å². The first-order valence-electron chi connectivity index (χ1n) is 6.59. The third-order valence-electron chi connectivity index (χ3n) is 3.29. The molecule has 1 aromatic carbocycles. The third kappa shape index (κ3) is 3.27. The SMILES string of the molecule is COc1cccc(CN[C@@H](C)c2ccncc2)c1OC. The maximum absolute atomic E-state index is 5.43. The number of benzene rings is 1. The Balaban J connectivity index is 2.07. The normalized spacial score (nSPS) is 11.9. The van der Waals surface area contributed by atoms with Crippen LogP contribution in [0.3, 0.4) is 0 Å². The molecular weight excluding hydrogens is 252 g/mol. The fraction of sp³-hybridized carbons (Fsp3) is 0.312. The zero-order chi connectivity index (χ0) is 14.4. The Labute approximate surface area is 119 Å². The molecule has 0 bridgehead atoms. The minimum atomic E-state index is 0.244. The van der Waals surface area contributed by atoms with E-state index in [2.05, 4.69) is 17.2 Å². The monoisotopic (exact) mass is 272 g/mol. The van der Waals surface area contributed by atoms with Gasteiger partial charge in [-0.25, -0.2) is 0 Å². The van der Waals surface area contributed by atoms with Crippen molar-refractivity contribution in [2.24, 2.45) is 0 Å². The van der Waals surface area contributed by atoms with Crippen molar-refractivity contribution >= 4 is 0 Å². The van der Waals surface area contributed by atoms with Crippen LogP contribution in [0.4, 0.5) is 0 Å². The number of para-hydroxylation sites is 1. The number of pyridine rings is 1. The molecule has 1 aromatic heterocycles.